The topological polar surface area (TPSA) is 68.0 Å². The van der Waals surface area contributed by atoms with E-state index in [1.54, 1.807) is 0 Å². The molecule has 0 saturated heterocycles. The van der Waals surface area contributed by atoms with Gasteiger partial charge in [0.1, 0.15) is 5.82 Å². The Morgan fingerprint density at radius 2 is 2.25 bits per heavy atom. The molecule has 0 amide bonds. The number of benzene rings is 1. The lowest BCUT2D eigenvalue weighted by Crippen LogP contribution is -2.08. The van der Waals surface area contributed by atoms with Crippen molar-refractivity contribution in [3.05, 3.63) is 40.9 Å². The molecule has 0 fully saturated rings. The van der Waals surface area contributed by atoms with E-state index in [0.29, 0.717) is 0 Å². The summed E-state index contributed by atoms with van der Waals surface area (Å²) in [6, 6.07) is 3.58. The van der Waals surface area contributed by atoms with Gasteiger partial charge >= 0.3 is 5.97 Å². The molecule has 2 rings (SSSR count). The third kappa shape index (κ3) is 1.74. The van der Waals surface area contributed by atoms with Crippen molar-refractivity contribution in [2.24, 2.45) is 0 Å². The lowest BCUT2D eigenvalue weighted by Gasteiger charge is -2.05. The molecule has 1 aromatic heterocycles. The summed E-state index contributed by atoms with van der Waals surface area (Å²) in [5.74, 6) is -1.75. The molecule has 0 saturated carbocycles. The van der Waals surface area contributed by atoms with Gasteiger partial charge in [0.25, 0.3) is 0 Å². The Balaban J connectivity index is 2.62. The molecule has 0 spiro atoms. The average molecular weight is 242 g/mol. The number of aromatic nitrogens is 3. The molecule has 0 bridgehead atoms. The number of carbonyl (C=O) groups is 1. The number of carboxylic acid groups (broad SMARTS) is 1. The molecule has 0 aliphatic carbocycles. The van der Waals surface area contributed by atoms with Crippen LogP contribution in [0.1, 0.15) is 10.5 Å². The Morgan fingerprint density at radius 1 is 1.50 bits per heavy atom. The highest BCUT2D eigenvalue weighted by Crippen LogP contribution is 2.21. The van der Waals surface area contributed by atoms with Gasteiger partial charge < -0.3 is 5.11 Å². The largest absolute Gasteiger partial charge is 0.476 e. The molecule has 82 valence electrons. The van der Waals surface area contributed by atoms with Gasteiger partial charge in [-0.15, -0.1) is 5.10 Å². The zero-order chi connectivity index (χ0) is 11.7. The van der Waals surface area contributed by atoms with Crippen LogP contribution in [0.4, 0.5) is 4.39 Å². The quantitative estimate of drug-likeness (QED) is 0.870. The van der Waals surface area contributed by atoms with Crippen molar-refractivity contribution in [3.8, 4) is 5.69 Å². The number of carboxylic acids is 1. The average Bonchev–Trinajstić information content (AvgIpc) is 2.70. The van der Waals surface area contributed by atoms with Crippen molar-refractivity contribution in [1.82, 2.24) is 15.0 Å². The maximum Gasteiger partial charge on any atom is 0.356 e. The minimum absolute atomic E-state index is 0.136. The first-order chi connectivity index (χ1) is 7.59. The van der Waals surface area contributed by atoms with Crippen molar-refractivity contribution in [2.75, 3.05) is 0 Å². The number of halogens is 2. The van der Waals surface area contributed by atoms with E-state index in [1.165, 1.54) is 12.1 Å². The van der Waals surface area contributed by atoms with E-state index in [0.717, 1.165) is 16.9 Å². The summed E-state index contributed by atoms with van der Waals surface area (Å²) in [4.78, 5) is 10.8. The summed E-state index contributed by atoms with van der Waals surface area (Å²) in [5.41, 5.74) is -0.0518. The highest BCUT2D eigenvalue weighted by atomic mass is 35.5. The normalized spacial score (nSPS) is 10.4. The highest BCUT2D eigenvalue weighted by molar-refractivity contribution is 6.32. The number of hydrogen-bond donors (Lipinski definition) is 1. The SMILES string of the molecule is O=C(O)c1cnnn1-c1cc(F)ccc1Cl. The van der Waals surface area contributed by atoms with E-state index in [4.69, 9.17) is 16.7 Å². The number of aromatic carboxylic acids is 1. The van der Waals surface area contributed by atoms with Crippen LogP contribution in [-0.2, 0) is 0 Å². The van der Waals surface area contributed by atoms with Crippen LogP contribution in [0.3, 0.4) is 0 Å². The first-order valence-corrected chi connectivity index (χ1v) is 4.57. The number of nitrogens with zero attached hydrogens (tertiary/aromatic N) is 3. The molecular weight excluding hydrogens is 237 g/mol. The number of hydrogen-bond acceptors (Lipinski definition) is 3. The summed E-state index contributed by atoms with van der Waals surface area (Å²) in [6.07, 6.45) is 1.06. The molecule has 7 heteroatoms. The Bertz CT molecular complexity index is 555. The Kier molecular flexibility index (Phi) is 2.57. The van der Waals surface area contributed by atoms with E-state index in [1.807, 2.05) is 0 Å². The molecule has 1 aromatic carbocycles. The molecule has 5 nitrogen and oxygen atoms in total. The summed E-state index contributed by atoms with van der Waals surface area (Å²) < 4.78 is 14.0. The van der Waals surface area contributed by atoms with E-state index >= 15 is 0 Å². The lowest BCUT2D eigenvalue weighted by molar-refractivity contribution is 0.0687. The van der Waals surface area contributed by atoms with E-state index in [2.05, 4.69) is 10.3 Å². The predicted octanol–water partition coefficient (Wildman–Crippen LogP) is 1.76. The predicted molar refractivity (Wildman–Crippen MR) is 53.3 cm³/mol. The zero-order valence-corrected chi connectivity index (χ0v) is 8.52. The monoisotopic (exact) mass is 241 g/mol. The minimum Gasteiger partial charge on any atom is -0.476 e. The Labute approximate surface area is 94.1 Å². The first kappa shape index (κ1) is 10.6. The van der Waals surface area contributed by atoms with Crippen LogP contribution < -0.4 is 0 Å². The Hall–Kier alpha value is -1.95. The molecule has 1 heterocycles. The van der Waals surface area contributed by atoms with Gasteiger partial charge in [0.2, 0.25) is 0 Å². The van der Waals surface area contributed by atoms with Gasteiger partial charge in [0, 0.05) is 6.07 Å². The van der Waals surface area contributed by atoms with Crippen molar-refractivity contribution in [1.29, 1.82) is 0 Å². The van der Waals surface area contributed by atoms with Crippen LogP contribution in [0, 0.1) is 5.82 Å². The fourth-order valence-electron chi connectivity index (χ4n) is 1.21. The van der Waals surface area contributed by atoms with Gasteiger partial charge in [-0.2, -0.15) is 0 Å². The lowest BCUT2D eigenvalue weighted by atomic mass is 10.3. The second-order valence-electron chi connectivity index (χ2n) is 2.93. The van der Waals surface area contributed by atoms with Crippen molar-refractivity contribution < 1.29 is 14.3 Å². The maximum absolute atomic E-state index is 13.0. The molecule has 0 aliphatic heterocycles. The Morgan fingerprint density at radius 3 is 2.94 bits per heavy atom. The zero-order valence-electron chi connectivity index (χ0n) is 7.76. The van der Waals surface area contributed by atoms with Crippen LogP contribution in [0.25, 0.3) is 5.69 Å². The summed E-state index contributed by atoms with van der Waals surface area (Å²) in [6.45, 7) is 0. The summed E-state index contributed by atoms with van der Waals surface area (Å²) in [5, 5.41) is 16.0. The van der Waals surface area contributed by atoms with Crippen molar-refractivity contribution in [2.45, 2.75) is 0 Å². The standard InChI is InChI=1S/C9H5ClFN3O2/c10-6-2-1-5(11)3-7(6)14-8(9(15)16)4-12-13-14/h1-4H,(H,15,16). The smallest absolute Gasteiger partial charge is 0.356 e. The second-order valence-corrected chi connectivity index (χ2v) is 3.34. The third-order valence-corrected chi connectivity index (χ3v) is 2.22. The molecule has 1 N–H and O–H groups in total. The van der Waals surface area contributed by atoms with Crippen LogP contribution in [0.15, 0.2) is 24.4 Å². The molecule has 16 heavy (non-hydrogen) atoms. The summed E-state index contributed by atoms with van der Waals surface area (Å²) >= 11 is 5.82. The molecule has 0 atom stereocenters. The van der Waals surface area contributed by atoms with E-state index < -0.39 is 11.8 Å². The fourth-order valence-corrected chi connectivity index (χ4v) is 1.40. The molecule has 0 aliphatic rings. The molecular formula is C9H5ClFN3O2. The van der Waals surface area contributed by atoms with Gasteiger partial charge in [0.05, 0.1) is 16.9 Å². The molecule has 2 aromatic rings. The van der Waals surface area contributed by atoms with Crippen molar-refractivity contribution >= 4 is 17.6 Å². The van der Waals surface area contributed by atoms with Gasteiger partial charge in [-0.1, -0.05) is 16.8 Å². The number of rotatable bonds is 2. The van der Waals surface area contributed by atoms with Gasteiger partial charge in [-0.3, -0.25) is 0 Å². The molecule has 0 unspecified atom stereocenters. The maximum atomic E-state index is 13.0. The van der Waals surface area contributed by atoms with Crippen LogP contribution in [-0.4, -0.2) is 26.1 Å². The van der Waals surface area contributed by atoms with Crippen LogP contribution in [0.2, 0.25) is 5.02 Å². The third-order valence-electron chi connectivity index (χ3n) is 1.90. The van der Waals surface area contributed by atoms with Gasteiger partial charge in [0.15, 0.2) is 5.69 Å². The van der Waals surface area contributed by atoms with Gasteiger partial charge in [-0.05, 0) is 12.1 Å². The van der Waals surface area contributed by atoms with Crippen molar-refractivity contribution in [3.63, 3.8) is 0 Å². The highest BCUT2D eigenvalue weighted by Gasteiger charge is 2.15. The van der Waals surface area contributed by atoms with Crippen LogP contribution in [0.5, 0.6) is 0 Å². The van der Waals surface area contributed by atoms with E-state index in [-0.39, 0.29) is 16.4 Å². The van der Waals surface area contributed by atoms with Crippen LogP contribution >= 0.6 is 11.6 Å². The molecule has 0 radical (unpaired) electrons. The second kappa shape index (κ2) is 3.90. The minimum atomic E-state index is -1.22. The summed E-state index contributed by atoms with van der Waals surface area (Å²) in [7, 11) is 0. The van der Waals surface area contributed by atoms with E-state index in [9.17, 15) is 9.18 Å². The van der Waals surface area contributed by atoms with Gasteiger partial charge in [-0.25, -0.2) is 13.9 Å². The first-order valence-electron chi connectivity index (χ1n) is 4.19. The fraction of sp³-hybridized carbons (Fsp3) is 0.